The van der Waals surface area contributed by atoms with Crippen LogP contribution in [0.1, 0.15) is 22.3 Å². The highest BCUT2D eigenvalue weighted by Gasteiger charge is 2.06. The summed E-state index contributed by atoms with van der Waals surface area (Å²) in [5.41, 5.74) is 4.31. The van der Waals surface area contributed by atoms with Crippen molar-refractivity contribution in [3.05, 3.63) is 63.1 Å². The van der Waals surface area contributed by atoms with Crippen molar-refractivity contribution in [2.24, 2.45) is 0 Å². The van der Waals surface area contributed by atoms with Crippen molar-refractivity contribution in [3.63, 3.8) is 0 Å². The van der Waals surface area contributed by atoms with E-state index in [1.54, 1.807) is 0 Å². The first kappa shape index (κ1) is 12.2. The summed E-state index contributed by atoms with van der Waals surface area (Å²) in [6, 6.07) is 12.2. The van der Waals surface area contributed by atoms with Crippen LogP contribution in [0.15, 0.2) is 40.9 Å². The van der Waals surface area contributed by atoms with Gasteiger partial charge in [-0.15, -0.1) is 0 Å². The van der Waals surface area contributed by atoms with Gasteiger partial charge in [0, 0.05) is 10.9 Å². The van der Waals surface area contributed by atoms with Gasteiger partial charge in [-0.25, -0.2) is 0 Å². The molecule has 2 aromatic rings. The standard InChI is InChI=1S/C15H15BrO/c1-10-6-11(2)15(17)13(7-10)8-12-4-3-5-14(16)9-12/h3-7,9,17H,8H2,1-2H3. The summed E-state index contributed by atoms with van der Waals surface area (Å²) < 4.78 is 1.07. The molecule has 2 rings (SSSR count). The second-order valence-electron chi connectivity index (χ2n) is 4.40. The zero-order valence-electron chi connectivity index (χ0n) is 10.00. The molecule has 0 amide bonds. The first-order chi connectivity index (χ1) is 8.06. The Morgan fingerprint density at radius 2 is 1.88 bits per heavy atom. The molecule has 17 heavy (non-hydrogen) atoms. The van der Waals surface area contributed by atoms with E-state index in [1.165, 1.54) is 11.1 Å². The average Bonchev–Trinajstić information content (AvgIpc) is 2.25. The third-order valence-corrected chi connectivity index (χ3v) is 3.30. The zero-order valence-corrected chi connectivity index (χ0v) is 11.6. The van der Waals surface area contributed by atoms with E-state index >= 15 is 0 Å². The van der Waals surface area contributed by atoms with E-state index in [0.29, 0.717) is 5.75 Å². The van der Waals surface area contributed by atoms with Crippen LogP contribution in [0.3, 0.4) is 0 Å². The number of rotatable bonds is 2. The van der Waals surface area contributed by atoms with Crippen LogP contribution in [-0.4, -0.2) is 5.11 Å². The molecule has 0 fully saturated rings. The second kappa shape index (κ2) is 4.92. The van der Waals surface area contributed by atoms with Crippen LogP contribution in [0.2, 0.25) is 0 Å². The van der Waals surface area contributed by atoms with Crippen molar-refractivity contribution < 1.29 is 5.11 Å². The molecule has 1 N–H and O–H groups in total. The molecule has 0 radical (unpaired) electrons. The Labute approximate surface area is 110 Å². The summed E-state index contributed by atoms with van der Waals surface area (Å²) in [5.74, 6) is 0.413. The minimum absolute atomic E-state index is 0.413. The molecule has 0 saturated carbocycles. The van der Waals surface area contributed by atoms with Crippen molar-refractivity contribution >= 4 is 15.9 Å². The fourth-order valence-electron chi connectivity index (χ4n) is 2.05. The van der Waals surface area contributed by atoms with Crippen LogP contribution in [-0.2, 0) is 6.42 Å². The Morgan fingerprint density at radius 1 is 1.12 bits per heavy atom. The fourth-order valence-corrected chi connectivity index (χ4v) is 2.50. The minimum Gasteiger partial charge on any atom is -0.507 e. The molecule has 2 heteroatoms. The highest BCUT2D eigenvalue weighted by molar-refractivity contribution is 9.10. The number of phenolic OH excluding ortho intramolecular Hbond substituents is 1. The highest BCUT2D eigenvalue weighted by Crippen LogP contribution is 2.26. The molecule has 0 unspecified atom stereocenters. The third-order valence-electron chi connectivity index (χ3n) is 2.81. The Morgan fingerprint density at radius 3 is 2.59 bits per heavy atom. The fraction of sp³-hybridized carbons (Fsp3) is 0.200. The van der Waals surface area contributed by atoms with Gasteiger partial charge in [-0.05, 0) is 42.7 Å². The summed E-state index contributed by atoms with van der Waals surface area (Å²) in [4.78, 5) is 0. The molecule has 0 bridgehead atoms. The predicted molar refractivity (Wildman–Crippen MR) is 74.5 cm³/mol. The van der Waals surface area contributed by atoms with Crippen molar-refractivity contribution in [1.82, 2.24) is 0 Å². The van der Waals surface area contributed by atoms with Crippen LogP contribution in [0.4, 0.5) is 0 Å². The van der Waals surface area contributed by atoms with Crippen molar-refractivity contribution in [3.8, 4) is 5.75 Å². The smallest absolute Gasteiger partial charge is 0.122 e. The SMILES string of the molecule is Cc1cc(C)c(O)c(Cc2cccc(Br)c2)c1. The van der Waals surface area contributed by atoms with Gasteiger partial charge in [0.05, 0.1) is 0 Å². The van der Waals surface area contributed by atoms with E-state index in [-0.39, 0.29) is 0 Å². The number of phenols is 1. The van der Waals surface area contributed by atoms with Crippen molar-refractivity contribution in [2.45, 2.75) is 20.3 Å². The van der Waals surface area contributed by atoms with E-state index in [2.05, 4.69) is 35.0 Å². The van der Waals surface area contributed by atoms with Crippen molar-refractivity contribution in [1.29, 1.82) is 0 Å². The number of hydrogen-bond acceptors (Lipinski definition) is 1. The Hall–Kier alpha value is -1.28. The van der Waals surface area contributed by atoms with Crippen LogP contribution in [0, 0.1) is 13.8 Å². The average molecular weight is 291 g/mol. The summed E-state index contributed by atoms with van der Waals surface area (Å²) in [6.07, 6.45) is 0.758. The molecule has 0 aliphatic carbocycles. The van der Waals surface area contributed by atoms with Gasteiger partial charge in [0.2, 0.25) is 0 Å². The molecule has 0 atom stereocenters. The summed E-state index contributed by atoms with van der Waals surface area (Å²) in [7, 11) is 0. The Bertz CT molecular complexity index is 547. The van der Waals surface area contributed by atoms with Crippen LogP contribution >= 0.6 is 15.9 Å². The van der Waals surface area contributed by atoms with E-state index in [0.717, 1.165) is 22.0 Å². The van der Waals surface area contributed by atoms with E-state index < -0.39 is 0 Å². The Kier molecular flexibility index (Phi) is 3.53. The molecule has 0 heterocycles. The maximum atomic E-state index is 10.0. The van der Waals surface area contributed by atoms with Gasteiger partial charge in [0.1, 0.15) is 5.75 Å². The van der Waals surface area contributed by atoms with Gasteiger partial charge in [0.15, 0.2) is 0 Å². The molecule has 2 aromatic carbocycles. The van der Waals surface area contributed by atoms with Gasteiger partial charge >= 0.3 is 0 Å². The molecule has 88 valence electrons. The maximum absolute atomic E-state index is 10.0. The first-order valence-corrected chi connectivity index (χ1v) is 6.39. The summed E-state index contributed by atoms with van der Waals surface area (Å²) in [5, 5.41) is 10.0. The highest BCUT2D eigenvalue weighted by atomic mass is 79.9. The lowest BCUT2D eigenvalue weighted by atomic mass is 9.99. The predicted octanol–water partition coefficient (Wildman–Crippen LogP) is 4.36. The number of hydrogen-bond donors (Lipinski definition) is 1. The largest absolute Gasteiger partial charge is 0.507 e. The number of aromatic hydroxyl groups is 1. The quantitative estimate of drug-likeness (QED) is 0.871. The summed E-state index contributed by atoms with van der Waals surface area (Å²) >= 11 is 3.46. The van der Waals surface area contributed by atoms with Gasteiger partial charge in [0.25, 0.3) is 0 Å². The van der Waals surface area contributed by atoms with Gasteiger partial charge in [-0.2, -0.15) is 0 Å². The van der Waals surface area contributed by atoms with Crippen molar-refractivity contribution in [2.75, 3.05) is 0 Å². The topological polar surface area (TPSA) is 20.2 Å². The molecule has 0 saturated heterocycles. The molecular weight excluding hydrogens is 276 g/mol. The molecule has 0 aliphatic rings. The lowest BCUT2D eigenvalue weighted by Crippen LogP contribution is -1.92. The number of halogens is 1. The van der Waals surface area contributed by atoms with E-state index in [4.69, 9.17) is 0 Å². The van der Waals surface area contributed by atoms with Crippen LogP contribution in [0.25, 0.3) is 0 Å². The van der Waals surface area contributed by atoms with Gasteiger partial charge in [-0.3, -0.25) is 0 Å². The van der Waals surface area contributed by atoms with E-state index in [1.807, 2.05) is 31.2 Å². The van der Waals surface area contributed by atoms with Gasteiger partial charge < -0.3 is 5.11 Å². The van der Waals surface area contributed by atoms with Gasteiger partial charge in [-0.1, -0.05) is 45.8 Å². The number of aryl methyl sites for hydroxylation is 2. The lowest BCUT2D eigenvalue weighted by molar-refractivity contribution is 0.465. The molecular formula is C15H15BrO. The Balaban J connectivity index is 2.36. The first-order valence-electron chi connectivity index (χ1n) is 5.60. The lowest BCUT2D eigenvalue weighted by Gasteiger charge is -2.09. The maximum Gasteiger partial charge on any atom is 0.122 e. The third kappa shape index (κ3) is 2.89. The van der Waals surface area contributed by atoms with Crippen LogP contribution < -0.4 is 0 Å². The summed E-state index contributed by atoms with van der Waals surface area (Å²) in [6.45, 7) is 3.99. The normalized spacial score (nSPS) is 10.5. The monoisotopic (exact) mass is 290 g/mol. The molecule has 0 aromatic heterocycles. The number of benzene rings is 2. The van der Waals surface area contributed by atoms with Crippen LogP contribution in [0.5, 0.6) is 5.75 Å². The van der Waals surface area contributed by atoms with E-state index in [9.17, 15) is 5.11 Å². The molecule has 0 aliphatic heterocycles. The molecule has 1 nitrogen and oxygen atoms in total. The molecule has 0 spiro atoms. The zero-order chi connectivity index (χ0) is 12.4. The minimum atomic E-state index is 0.413. The second-order valence-corrected chi connectivity index (χ2v) is 5.31.